The molecule has 156 valence electrons. The first-order chi connectivity index (χ1) is 14.3. The maximum atomic E-state index is 13.0. The SMILES string of the molecule is Cc1ccc(NC(=O)NC(=O)Cn2cnc3sc4c(c3c2=O)CCC(C)C4)c(C)c1. The van der Waals surface area contributed by atoms with Gasteiger partial charge < -0.3 is 5.32 Å². The highest BCUT2D eigenvalue weighted by Gasteiger charge is 2.23. The van der Waals surface area contributed by atoms with E-state index in [-0.39, 0.29) is 12.1 Å². The molecular formula is C22H24N4O3S. The number of fused-ring (bicyclic) bond motifs is 3. The monoisotopic (exact) mass is 424 g/mol. The second-order valence-corrected chi connectivity index (χ2v) is 9.11. The van der Waals surface area contributed by atoms with E-state index in [9.17, 15) is 14.4 Å². The summed E-state index contributed by atoms with van der Waals surface area (Å²) in [7, 11) is 0. The molecule has 0 saturated heterocycles. The van der Waals surface area contributed by atoms with Gasteiger partial charge in [0.2, 0.25) is 5.91 Å². The predicted molar refractivity (Wildman–Crippen MR) is 118 cm³/mol. The van der Waals surface area contributed by atoms with Crippen LogP contribution < -0.4 is 16.2 Å². The van der Waals surface area contributed by atoms with Gasteiger partial charge in [-0.05, 0) is 56.2 Å². The van der Waals surface area contributed by atoms with E-state index in [1.165, 1.54) is 15.8 Å². The number of nitrogens with one attached hydrogen (secondary N) is 2. The van der Waals surface area contributed by atoms with Crippen LogP contribution in [0.4, 0.5) is 10.5 Å². The summed E-state index contributed by atoms with van der Waals surface area (Å²) in [5, 5.41) is 5.57. The number of rotatable bonds is 3. The van der Waals surface area contributed by atoms with E-state index < -0.39 is 11.9 Å². The summed E-state index contributed by atoms with van der Waals surface area (Å²) in [5.41, 5.74) is 3.47. The molecule has 0 radical (unpaired) electrons. The lowest BCUT2D eigenvalue weighted by Crippen LogP contribution is -2.38. The smallest absolute Gasteiger partial charge is 0.307 e. The number of hydrogen-bond donors (Lipinski definition) is 2. The van der Waals surface area contributed by atoms with Gasteiger partial charge in [-0.2, -0.15) is 0 Å². The van der Waals surface area contributed by atoms with Crippen LogP contribution in [0, 0.1) is 19.8 Å². The first kappa shape index (κ1) is 20.3. The summed E-state index contributed by atoms with van der Waals surface area (Å²) in [4.78, 5) is 43.9. The molecule has 1 unspecified atom stereocenters. The number of aromatic nitrogens is 2. The summed E-state index contributed by atoms with van der Waals surface area (Å²) < 4.78 is 1.27. The molecule has 1 atom stereocenters. The van der Waals surface area contributed by atoms with Crippen LogP contribution in [0.1, 0.15) is 34.9 Å². The molecule has 0 aliphatic heterocycles. The van der Waals surface area contributed by atoms with Crippen molar-refractivity contribution in [1.29, 1.82) is 0 Å². The zero-order valence-electron chi connectivity index (χ0n) is 17.2. The van der Waals surface area contributed by atoms with Gasteiger partial charge >= 0.3 is 6.03 Å². The molecule has 0 spiro atoms. The molecule has 3 aromatic rings. The Morgan fingerprint density at radius 2 is 2.10 bits per heavy atom. The molecule has 30 heavy (non-hydrogen) atoms. The zero-order chi connectivity index (χ0) is 21.4. The van der Waals surface area contributed by atoms with Crippen LogP contribution >= 0.6 is 11.3 Å². The van der Waals surface area contributed by atoms with E-state index in [2.05, 4.69) is 22.5 Å². The fourth-order valence-corrected chi connectivity index (χ4v) is 5.25. The minimum Gasteiger partial charge on any atom is -0.307 e. The normalized spacial score (nSPS) is 15.6. The molecular weight excluding hydrogens is 400 g/mol. The van der Waals surface area contributed by atoms with Crippen LogP contribution in [-0.2, 0) is 24.2 Å². The van der Waals surface area contributed by atoms with Crippen molar-refractivity contribution in [2.75, 3.05) is 5.32 Å². The number of anilines is 1. The van der Waals surface area contributed by atoms with Gasteiger partial charge in [0.05, 0.1) is 11.7 Å². The maximum absolute atomic E-state index is 13.0. The second kappa shape index (κ2) is 8.02. The number of thiophene rings is 1. The Balaban J connectivity index is 1.48. The second-order valence-electron chi connectivity index (χ2n) is 8.03. The van der Waals surface area contributed by atoms with Crippen LogP contribution in [0.15, 0.2) is 29.3 Å². The number of amides is 3. The van der Waals surface area contributed by atoms with Crippen molar-refractivity contribution in [2.45, 2.75) is 46.6 Å². The number of benzene rings is 1. The molecule has 0 saturated carbocycles. The van der Waals surface area contributed by atoms with E-state index in [1.807, 2.05) is 26.0 Å². The number of hydrogen-bond acceptors (Lipinski definition) is 5. The number of nitrogens with zero attached hydrogens (tertiary/aromatic N) is 2. The molecule has 8 heteroatoms. The summed E-state index contributed by atoms with van der Waals surface area (Å²) >= 11 is 1.57. The minimum atomic E-state index is -0.629. The third-order valence-corrected chi connectivity index (χ3v) is 6.64. The van der Waals surface area contributed by atoms with Crippen molar-refractivity contribution < 1.29 is 9.59 Å². The average molecular weight is 425 g/mol. The van der Waals surface area contributed by atoms with E-state index in [1.54, 1.807) is 17.4 Å². The lowest BCUT2D eigenvalue weighted by Gasteiger charge is -2.17. The van der Waals surface area contributed by atoms with E-state index in [4.69, 9.17) is 0 Å². The average Bonchev–Trinajstić information content (AvgIpc) is 3.04. The van der Waals surface area contributed by atoms with Crippen molar-refractivity contribution >= 4 is 39.2 Å². The third kappa shape index (κ3) is 4.00. The van der Waals surface area contributed by atoms with E-state index in [0.29, 0.717) is 17.0 Å². The van der Waals surface area contributed by atoms with Crippen molar-refractivity contribution in [3.8, 4) is 0 Å². The number of imide groups is 1. The molecule has 2 heterocycles. The van der Waals surface area contributed by atoms with Gasteiger partial charge in [-0.3, -0.25) is 19.5 Å². The topological polar surface area (TPSA) is 93.1 Å². The quantitative estimate of drug-likeness (QED) is 0.672. The third-order valence-electron chi connectivity index (χ3n) is 5.48. The molecule has 0 bridgehead atoms. The molecule has 0 fully saturated rings. The molecule has 4 rings (SSSR count). The predicted octanol–water partition coefficient (Wildman–Crippen LogP) is 3.55. The van der Waals surface area contributed by atoms with Gasteiger partial charge in [-0.15, -0.1) is 11.3 Å². The Hall–Kier alpha value is -3.00. The summed E-state index contributed by atoms with van der Waals surface area (Å²) in [6.07, 6.45) is 4.26. The molecule has 1 aliphatic carbocycles. The van der Waals surface area contributed by atoms with Gasteiger partial charge in [-0.25, -0.2) is 9.78 Å². The van der Waals surface area contributed by atoms with Crippen molar-refractivity contribution in [2.24, 2.45) is 5.92 Å². The van der Waals surface area contributed by atoms with Gasteiger partial charge in [0, 0.05) is 10.6 Å². The van der Waals surface area contributed by atoms with Crippen LogP contribution in [0.5, 0.6) is 0 Å². The standard InChI is InChI=1S/C22H24N4O3S/c1-12-5-7-16(14(3)8-12)24-22(29)25-18(27)10-26-11-23-20-19(21(26)28)15-6-4-13(2)9-17(15)30-20/h5,7-8,11,13H,4,6,9-10H2,1-3H3,(H2,24,25,27,29). The lowest BCUT2D eigenvalue weighted by molar-refractivity contribution is -0.120. The number of carbonyl (C=O) groups excluding carboxylic acids is 2. The maximum Gasteiger partial charge on any atom is 0.325 e. The minimum absolute atomic E-state index is 0.225. The van der Waals surface area contributed by atoms with Gasteiger partial charge in [0.15, 0.2) is 0 Å². The Morgan fingerprint density at radius 1 is 1.30 bits per heavy atom. The highest BCUT2D eigenvalue weighted by atomic mass is 32.1. The largest absolute Gasteiger partial charge is 0.325 e. The summed E-state index contributed by atoms with van der Waals surface area (Å²) in [6.45, 7) is 5.80. The van der Waals surface area contributed by atoms with Crippen LogP contribution in [0.3, 0.4) is 0 Å². The Bertz CT molecular complexity index is 1210. The zero-order valence-corrected chi connectivity index (χ0v) is 18.1. The van der Waals surface area contributed by atoms with Crippen molar-refractivity contribution in [1.82, 2.24) is 14.9 Å². The molecule has 2 aromatic heterocycles. The van der Waals surface area contributed by atoms with Gasteiger partial charge in [0.25, 0.3) is 5.56 Å². The van der Waals surface area contributed by atoms with Crippen LogP contribution in [0.25, 0.3) is 10.2 Å². The molecule has 2 N–H and O–H groups in total. The highest BCUT2D eigenvalue weighted by molar-refractivity contribution is 7.18. The Labute approximate surface area is 178 Å². The molecule has 3 amide bonds. The number of urea groups is 1. The lowest BCUT2D eigenvalue weighted by atomic mass is 9.89. The summed E-state index contributed by atoms with van der Waals surface area (Å²) in [5.74, 6) is 0.0347. The summed E-state index contributed by atoms with van der Waals surface area (Å²) in [6, 6.07) is 4.99. The van der Waals surface area contributed by atoms with Crippen LogP contribution in [-0.4, -0.2) is 21.5 Å². The van der Waals surface area contributed by atoms with Gasteiger partial charge in [-0.1, -0.05) is 24.6 Å². The van der Waals surface area contributed by atoms with E-state index in [0.717, 1.165) is 40.8 Å². The van der Waals surface area contributed by atoms with Crippen LogP contribution in [0.2, 0.25) is 0 Å². The Kier molecular flexibility index (Phi) is 5.42. The highest BCUT2D eigenvalue weighted by Crippen LogP contribution is 2.35. The Morgan fingerprint density at radius 3 is 2.87 bits per heavy atom. The molecule has 1 aromatic carbocycles. The number of aryl methyl sites for hydroxylation is 3. The molecule has 7 nitrogen and oxygen atoms in total. The first-order valence-electron chi connectivity index (χ1n) is 9.99. The first-order valence-corrected chi connectivity index (χ1v) is 10.8. The van der Waals surface area contributed by atoms with Crippen molar-refractivity contribution in [3.63, 3.8) is 0 Å². The fraction of sp³-hybridized carbons (Fsp3) is 0.364. The number of carbonyl (C=O) groups is 2. The van der Waals surface area contributed by atoms with E-state index >= 15 is 0 Å². The molecule has 1 aliphatic rings. The van der Waals surface area contributed by atoms with Gasteiger partial charge in [0.1, 0.15) is 11.4 Å². The fourth-order valence-electron chi connectivity index (χ4n) is 3.91. The van der Waals surface area contributed by atoms with Crippen molar-refractivity contribution in [3.05, 3.63) is 56.4 Å².